The molecule has 202 valence electrons. The molecule has 1 N–H and O–H groups in total. The molecule has 0 aromatic heterocycles. The summed E-state index contributed by atoms with van der Waals surface area (Å²) in [4.78, 5) is 34.4. The Kier molecular flexibility index (Phi) is 8.62. The minimum Gasteiger partial charge on any atom is -0.352 e. The third kappa shape index (κ3) is 6.69. The quantitative estimate of drug-likeness (QED) is 0.354. The maximum atomic E-state index is 13.9. The van der Waals surface area contributed by atoms with Crippen molar-refractivity contribution in [3.8, 4) is 0 Å². The Morgan fingerprint density at radius 2 is 1.74 bits per heavy atom. The van der Waals surface area contributed by atoms with Gasteiger partial charge >= 0.3 is 0 Å². The maximum Gasteiger partial charge on any atom is 0.251 e. The van der Waals surface area contributed by atoms with Gasteiger partial charge in [-0.15, -0.1) is 0 Å². The number of fused-ring (bicyclic) bond motifs is 1. The van der Waals surface area contributed by atoms with E-state index in [0.717, 1.165) is 54.1 Å². The number of aliphatic imine (C=N–C) groups is 1. The van der Waals surface area contributed by atoms with E-state index in [9.17, 15) is 14.0 Å². The fourth-order valence-electron chi connectivity index (χ4n) is 5.62. The summed E-state index contributed by atoms with van der Waals surface area (Å²) in [5, 5.41) is 3.05. The van der Waals surface area contributed by atoms with Crippen molar-refractivity contribution in [1.82, 2.24) is 10.2 Å². The smallest absolute Gasteiger partial charge is 0.251 e. The maximum absolute atomic E-state index is 13.9. The summed E-state index contributed by atoms with van der Waals surface area (Å²) in [6.45, 7) is 5.82. The van der Waals surface area contributed by atoms with Crippen LogP contribution in [-0.2, 0) is 17.6 Å². The lowest BCUT2D eigenvalue weighted by Crippen LogP contribution is -2.29. The first-order chi connectivity index (χ1) is 19.0. The molecule has 0 saturated carbocycles. The first-order valence-electron chi connectivity index (χ1n) is 14.0. The monoisotopic (exact) mass is 525 g/mol. The van der Waals surface area contributed by atoms with Crippen LogP contribution in [0.5, 0.6) is 0 Å². The van der Waals surface area contributed by atoms with Crippen molar-refractivity contribution in [3.63, 3.8) is 0 Å². The van der Waals surface area contributed by atoms with Crippen LogP contribution in [0.3, 0.4) is 0 Å². The Morgan fingerprint density at radius 3 is 2.49 bits per heavy atom. The number of hydrogen-bond donors (Lipinski definition) is 1. The van der Waals surface area contributed by atoms with Crippen LogP contribution in [-0.4, -0.2) is 48.5 Å². The molecule has 5 nitrogen and oxygen atoms in total. The molecule has 1 saturated heterocycles. The molecule has 39 heavy (non-hydrogen) atoms. The fourth-order valence-corrected chi connectivity index (χ4v) is 5.62. The summed E-state index contributed by atoms with van der Waals surface area (Å²) in [6, 6.07) is 21.8. The van der Waals surface area contributed by atoms with E-state index in [1.54, 1.807) is 18.2 Å². The lowest BCUT2D eigenvalue weighted by molar-refractivity contribution is -0.122. The van der Waals surface area contributed by atoms with Gasteiger partial charge in [0.15, 0.2) is 0 Å². The van der Waals surface area contributed by atoms with Crippen molar-refractivity contribution in [2.75, 3.05) is 26.2 Å². The average molecular weight is 526 g/mol. The zero-order chi connectivity index (χ0) is 27.2. The molecule has 0 spiro atoms. The predicted molar refractivity (Wildman–Crippen MR) is 153 cm³/mol. The van der Waals surface area contributed by atoms with Crippen LogP contribution in [0.15, 0.2) is 77.8 Å². The molecule has 2 heterocycles. The summed E-state index contributed by atoms with van der Waals surface area (Å²) in [7, 11) is 0. The zero-order valence-electron chi connectivity index (χ0n) is 22.5. The van der Waals surface area contributed by atoms with Gasteiger partial charge in [0.25, 0.3) is 5.91 Å². The van der Waals surface area contributed by atoms with Gasteiger partial charge in [-0.1, -0.05) is 49.4 Å². The topological polar surface area (TPSA) is 61.8 Å². The van der Waals surface area contributed by atoms with Crippen molar-refractivity contribution in [2.24, 2.45) is 10.9 Å². The van der Waals surface area contributed by atoms with Crippen molar-refractivity contribution in [2.45, 2.75) is 44.9 Å². The van der Waals surface area contributed by atoms with Crippen LogP contribution < -0.4 is 5.32 Å². The minimum absolute atomic E-state index is 0.0657. The van der Waals surface area contributed by atoms with Crippen LogP contribution in [0.2, 0.25) is 0 Å². The van der Waals surface area contributed by atoms with Crippen molar-refractivity contribution < 1.29 is 14.0 Å². The molecule has 1 fully saturated rings. The molecule has 3 aromatic carbocycles. The summed E-state index contributed by atoms with van der Waals surface area (Å²) >= 11 is 0. The van der Waals surface area contributed by atoms with Crippen LogP contribution in [0.25, 0.3) is 0 Å². The predicted octanol–water partition coefficient (Wildman–Crippen LogP) is 5.90. The second-order valence-electron chi connectivity index (χ2n) is 10.7. The van der Waals surface area contributed by atoms with Gasteiger partial charge in [0, 0.05) is 30.2 Å². The number of rotatable bonds is 9. The first-order valence-corrected chi connectivity index (χ1v) is 14.0. The molecule has 1 amide bonds. The Bertz CT molecular complexity index is 1330. The first kappa shape index (κ1) is 26.9. The van der Waals surface area contributed by atoms with E-state index in [1.165, 1.54) is 25.0 Å². The van der Waals surface area contributed by atoms with Crippen molar-refractivity contribution >= 4 is 23.1 Å². The Labute approximate surface area is 230 Å². The average Bonchev–Trinajstić information content (AvgIpc) is 3.45. The third-order valence-corrected chi connectivity index (χ3v) is 7.92. The van der Waals surface area contributed by atoms with Gasteiger partial charge in [0.05, 0.1) is 11.6 Å². The number of carbonyl (C=O) groups is 2. The van der Waals surface area contributed by atoms with E-state index in [0.29, 0.717) is 24.9 Å². The highest BCUT2D eigenvalue weighted by molar-refractivity contribution is 6.11. The second-order valence-corrected chi connectivity index (χ2v) is 10.7. The normalized spacial score (nSPS) is 19.3. The van der Waals surface area contributed by atoms with E-state index in [-0.39, 0.29) is 23.4 Å². The summed E-state index contributed by atoms with van der Waals surface area (Å²) < 4.78 is 13.6. The van der Waals surface area contributed by atoms with E-state index >= 15 is 0 Å². The number of nitrogens with one attached hydrogen (secondary N) is 1. The van der Waals surface area contributed by atoms with Gasteiger partial charge in [0.1, 0.15) is 11.6 Å². The van der Waals surface area contributed by atoms with E-state index < -0.39 is 5.92 Å². The molecule has 2 atom stereocenters. The third-order valence-electron chi connectivity index (χ3n) is 7.92. The van der Waals surface area contributed by atoms with Crippen LogP contribution in [0.4, 0.5) is 10.1 Å². The lowest BCUT2D eigenvalue weighted by Gasteiger charge is -2.20. The van der Waals surface area contributed by atoms with Gasteiger partial charge in [-0.3, -0.25) is 14.6 Å². The molecule has 2 aliphatic rings. The summed E-state index contributed by atoms with van der Waals surface area (Å²) in [6.07, 6.45) is 4.43. The van der Waals surface area contributed by atoms with Gasteiger partial charge < -0.3 is 10.2 Å². The highest BCUT2D eigenvalue weighted by Crippen LogP contribution is 2.37. The molecular formula is C33H36FN3O2. The van der Waals surface area contributed by atoms with Crippen LogP contribution in [0.1, 0.15) is 59.2 Å². The van der Waals surface area contributed by atoms with Crippen molar-refractivity contribution in [3.05, 3.63) is 101 Å². The number of Topliss-reactive ketones (excluding diaryl/α,β-unsaturated/α-hetero) is 1. The molecule has 0 aliphatic carbocycles. The molecule has 0 bridgehead atoms. The molecule has 3 aromatic rings. The highest BCUT2D eigenvalue weighted by Gasteiger charge is 2.33. The number of benzene rings is 3. The number of amides is 1. The summed E-state index contributed by atoms with van der Waals surface area (Å²) in [5.41, 5.74) is 4.78. The lowest BCUT2D eigenvalue weighted by atomic mass is 9.81. The Hall–Kier alpha value is -3.64. The molecule has 0 radical (unpaired) electrons. The van der Waals surface area contributed by atoms with Gasteiger partial charge in [-0.25, -0.2) is 4.39 Å². The largest absolute Gasteiger partial charge is 0.352 e. The van der Waals surface area contributed by atoms with Crippen LogP contribution in [0, 0.1) is 11.7 Å². The zero-order valence-corrected chi connectivity index (χ0v) is 22.5. The van der Waals surface area contributed by atoms with E-state index in [2.05, 4.69) is 10.2 Å². The van der Waals surface area contributed by atoms with E-state index in [1.807, 2.05) is 49.4 Å². The molecule has 2 unspecified atom stereocenters. The number of halogens is 1. The molecule has 6 heteroatoms. The Balaban J connectivity index is 1.41. The molecular weight excluding hydrogens is 489 g/mol. The van der Waals surface area contributed by atoms with Gasteiger partial charge in [-0.05, 0) is 92.3 Å². The summed E-state index contributed by atoms with van der Waals surface area (Å²) in [5.74, 6) is -1.25. The minimum atomic E-state index is -0.486. The number of nitrogens with zero attached hydrogens (tertiary/aromatic N) is 2. The Morgan fingerprint density at radius 1 is 1.00 bits per heavy atom. The fraction of sp³-hybridized carbons (Fsp3) is 0.364. The van der Waals surface area contributed by atoms with E-state index in [4.69, 9.17) is 4.99 Å². The van der Waals surface area contributed by atoms with Crippen LogP contribution >= 0.6 is 0 Å². The number of carbonyl (C=O) groups excluding carboxylic acids is 2. The standard InChI is InChI=1S/C33H36FN3O2/c1-23-31(21-24-8-3-2-4-9-24)36-30-15-12-26(33(39)35-16-7-19-37-17-5-6-18-37)22-28(30)29(32(23)38)20-25-10-13-27(34)14-11-25/h2-4,8-15,22-23,29H,5-7,16-21H2,1H3,(H,35,39). The number of hydrogen-bond acceptors (Lipinski definition) is 4. The second kappa shape index (κ2) is 12.5. The van der Waals surface area contributed by atoms with Gasteiger partial charge in [-0.2, -0.15) is 0 Å². The van der Waals surface area contributed by atoms with Gasteiger partial charge in [0.2, 0.25) is 0 Å². The van der Waals surface area contributed by atoms with Crippen molar-refractivity contribution in [1.29, 1.82) is 0 Å². The molecule has 5 rings (SSSR count). The number of ketones is 1. The molecule has 2 aliphatic heterocycles. The SMILES string of the molecule is CC1C(=O)C(Cc2ccc(F)cc2)c2cc(C(=O)NCCCN3CCCC3)ccc2N=C1Cc1ccccc1. The highest BCUT2D eigenvalue weighted by atomic mass is 19.1. The number of likely N-dealkylation sites (tertiary alicyclic amines) is 1.